The molecule has 0 saturated carbocycles. The topological polar surface area (TPSA) is 51.2 Å². The average molecular weight is 474 g/mol. The van der Waals surface area contributed by atoms with E-state index in [4.69, 9.17) is 4.74 Å². The molecule has 2 aliphatic heterocycles. The van der Waals surface area contributed by atoms with Crippen molar-refractivity contribution >= 4 is 11.6 Å². The number of carbonyl (C=O) groups excluding carboxylic acids is 1. The molecule has 1 aromatic heterocycles. The highest BCUT2D eigenvalue weighted by Crippen LogP contribution is 2.49. The first-order chi connectivity index (χ1) is 16.2. The van der Waals surface area contributed by atoms with E-state index in [2.05, 4.69) is 10.3 Å². The van der Waals surface area contributed by atoms with Crippen molar-refractivity contribution in [2.24, 2.45) is 5.92 Å². The summed E-state index contributed by atoms with van der Waals surface area (Å²) >= 11 is 0. The molecule has 0 radical (unpaired) electrons. The predicted molar refractivity (Wildman–Crippen MR) is 114 cm³/mol. The van der Waals surface area contributed by atoms with E-state index in [-0.39, 0.29) is 22.5 Å². The Morgan fingerprint density at radius 2 is 1.65 bits per heavy atom. The lowest BCUT2D eigenvalue weighted by atomic mass is 9.76. The number of alkyl halides is 3. The van der Waals surface area contributed by atoms with Crippen LogP contribution in [-0.4, -0.2) is 23.1 Å². The summed E-state index contributed by atoms with van der Waals surface area (Å²) in [5, 5.41) is 2.64. The number of fused-ring (bicyclic) bond motifs is 2. The quantitative estimate of drug-likeness (QED) is 0.476. The zero-order valence-electron chi connectivity index (χ0n) is 17.7. The van der Waals surface area contributed by atoms with Gasteiger partial charge in [0.1, 0.15) is 17.3 Å². The van der Waals surface area contributed by atoms with Crippen molar-refractivity contribution in [2.75, 3.05) is 5.32 Å². The summed E-state index contributed by atoms with van der Waals surface area (Å²) in [7, 11) is 0. The van der Waals surface area contributed by atoms with Crippen molar-refractivity contribution in [1.29, 1.82) is 0 Å². The standard InChI is InChI=1S/C25H19F5N2O2/c26-16-5-2-1-4-14(16)15-9-8-13(12-17(15)27)31-24(33)23-20-11-10-19(34-20)22(23)18-6-3-7-21(32-18)25(28,29)30/h1-9,12,19-20,22-23H,10-11H2,(H,31,33)/t19-,20+,22?,23-/m0/s1. The first kappa shape index (κ1) is 22.5. The van der Waals surface area contributed by atoms with E-state index in [1.54, 1.807) is 6.07 Å². The van der Waals surface area contributed by atoms with Crippen LogP contribution in [0.25, 0.3) is 11.1 Å². The summed E-state index contributed by atoms with van der Waals surface area (Å²) in [5.41, 5.74) is -0.595. The number of hydrogen-bond donors (Lipinski definition) is 1. The number of halogens is 5. The maximum atomic E-state index is 14.7. The number of rotatable bonds is 4. The highest BCUT2D eigenvalue weighted by atomic mass is 19.4. The van der Waals surface area contributed by atoms with Gasteiger partial charge in [0.05, 0.1) is 18.1 Å². The predicted octanol–water partition coefficient (Wildman–Crippen LogP) is 5.95. The molecule has 1 unspecified atom stereocenters. The minimum Gasteiger partial charge on any atom is -0.373 e. The summed E-state index contributed by atoms with van der Waals surface area (Å²) in [6.45, 7) is 0. The molecule has 2 aliphatic rings. The summed E-state index contributed by atoms with van der Waals surface area (Å²) in [4.78, 5) is 16.9. The first-order valence-electron chi connectivity index (χ1n) is 10.8. The second-order valence-electron chi connectivity index (χ2n) is 8.45. The minimum atomic E-state index is -4.61. The third kappa shape index (κ3) is 4.04. The molecule has 34 heavy (non-hydrogen) atoms. The molecule has 176 valence electrons. The Hall–Kier alpha value is -3.33. The molecule has 2 bridgehead atoms. The van der Waals surface area contributed by atoms with Gasteiger partial charge in [-0.05, 0) is 49.2 Å². The summed E-state index contributed by atoms with van der Waals surface area (Å²) in [5.74, 6) is -3.21. The Morgan fingerprint density at radius 3 is 2.38 bits per heavy atom. The molecule has 9 heteroatoms. The molecule has 3 heterocycles. The van der Waals surface area contributed by atoms with E-state index < -0.39 is 53.5 Å². The van der Waals surface area contributed by atoms with Gasteiger partial charge >= 0.3 is 6.18 Å². The van der Waals surface area contributed by atoms with Crippen LogP contribution in [0.15, 0.2) is 60.7 Å². The van der Waals surface area contributed by atoms with E-state index in [0.717, 1.165) is 12.1 Å². The Balaban J connectivity index is 1.40. The van der Waals surface area contributed by atoms with Gasteiger partial charge in [-0.3, -0.25) is 4.79 Å². The van der Waals surface area contributed by atoms with Crippen molar-refractivity contribution in [1.82, 2.24) is 4.98 Å². The molecular weight excluding hydrogens is 455 g/mol. The van der Waals surface area contributed by atoms with Crippen LogP contribution in [0.3, 0.4) is 0 Å². The highest BCUT2D eigenvalue weighted by Gasteiger charge is 2.53. The Labute approximate surface area is 191 Å². The molecular formula is C25H19F5N2O2. The van der Waals surface area contributed by atoms with Crippen molar-refractivity contribution in [3.05, 3.63) is 83.7 Å². The first-order valence-corrected chi connectivity index (χ1v) is 10.8. The third-order valence-electron chi connectivity index (χ3n) is 6.38. The van der Waals surface area contributed by atoms with Gasteiger partial charge in [-0.25, -0.2) is 13.8 Å². The fourth-order valence-electron chi connectivity index (χ4n) is 4.90. The van der Waals surface area contributed by atoms with Crippen LogP contribution in [0.5, 0.6) is 0 Å². The Kier molecular flexibility index (Phi) is 5.59. The van der Waals surface area contributed by atoms with Crippen LogP contribution >= 0.6 is 0 Å². The van der Waals surface area contributed by atoms with Crippen LogP contribution in [0.4, 0.5) is 27.6 Å². The van der Waals surface area contributed by atoms with Crippen molar-refractivity contribution in [3.63, 3.8) is 0 Å². The van der Waals surface area contributed by atoms with Gasteiger partial charge in [-0.1, -0.05) is 24.3 Å². The second kappa shape index (κ2) is 8.47. The van der Waals surface area contributed by atoms with Gasteiger partial charge in [0.15, 0.2) is 0 Å². The molecule has 2 saturated heterocycles. The van der Waals surface area contributed by atoms with Crippen LogP contribution < -0.4 is 5.32 Å². The van der Waals surface area contributed by atoms with Crippen LogP contribution in [0.2, 0.25) is 0 Å². The lowest BCUT2D eigenvalue weighted by Gasteiger charge is -2.27. The van der Waals surface area contributed by atoms with E-state index in [1.165, 1.54) is 42.5 Å². The number of ether oxygens (including phenoxy) is 1. The number of nitrogens with one attached hydrogen (secondary N) is 1. The molecule has 0 spiro atoms. The van der Waals surface area contributed by atoms with Gasteiger partial charge in [0, 0.05) is 28.4 Å². The van der Waals surface area contributed by atoms with E-state index in [1.807, 2.05) is 0 Å². The van der Waals surface area contributed by atoms with Gasteiger partial charge < -0.3 is 10.1 Å². The normalized spacial score (nSPS) is 23.8. The van der Waals surface area contributed by atoms with Crippen LogP contribution in [0.1, 0.15) is 30.1 Å². The smallest absolute Gasteiger partial charge is 0.373 e. The second-order valence-corrected chi connectivity index (χ2v) is 8.45. The third-order valence-corrected chi connectivity index (χ3v) is 6.38. The molecule has 1 amide bonds. The van der Waals surface area contributed by atoms with Gasteiger partial charge in [0.25, 0.3) is 0 Å². The molecule has 4 atom stereocenters. The number of carbonyl (C=O) groups is 1. The van der Waals surface area contributed by atoms with Gasteiger partial charge in [0.2, 0.25) is 5.91 Å². The highest BCUT2D eigenvalue weighted by molar-refractivity contribution is 5.94. The Morgan fingerprint density at radius 1 is 0.912 bits per heavy atom. The lowest BCUT2D eigenvalue weighted by Crippen LogP contribution is -2.36. The summed E-state index contributed by atoms with van der Waals surface area (Å²) in [6.07, 6.45) is -4.28. The summed E-state index contributed by atoms with van der Waals surface area (Å²) in [6, 6.07) is 13.3. The van der Waals surface area contributed by atoms with Crippen molar-refractivity contribution < 1.29 is 31.5 Å². The molecule has 5 rings (SSSR count). The van der Waals surface area contributed by atoms with Crippen molar-refractivity contribution in [2.45, 2.75) is 37.1 Å². The SMILES string of the molecule is O=C(Nc1ccc(-c2ccccc2F)c(F)c1)[C@@H]1C(c2cccc(C(F)(F)F)n2)[C@@H]2CC[C@H]1O2. The fourth-order valence-corrected chi connectivity index (χ4v) is 4.90. The number of aromatic nitrogens is 1. The van der Waals surface area contributed by atoms with Crippen LogP contribution in [-0.2, 0) is 15.7 Å². The van der Waals surface area contributed by atoms with Crippen LogP contribution in [0, 0.1) is 17.6 Å². The number of amides is 1. The number of pyridine rings is 1. The molecule has 2 aromatic carbocycles. The Bertz CT molecular complexity index is 1250. The number of anilines is 1. The molecule has 4 nitrogen and oxygen atoms in total. The number of nitrogens with zero attached hydrogens (tertiary/aromatic N) is 1. The number of benzene rings is 2. The largest absolute Gasteiger partial charge is 0.433 e. The zero-order valence-corrected chi connectivity index (χ0v) is 17.7. The van der Waals surface area contributed by atoms with E-state index in [9.17, 15) is 26.7 Å². The zero-order chi connectivity index (χ0) is 24.0. The molecule has 0 aliphatic carbocycles. The molecule has 1 N–H and O–H groups in total. The van der Waals surface area contributed by atoms with E-state index >= 15 is 0 Å². The van der Waals surface area contributed by atoms with E-state index in [0.29, 0.717) is 12.8 Å². The maximum absolute atomic E-state index is 14.7. The molecule has 2 fully saturated rings. The maximum Gasteiger partial charge on any atom is 0.433 e. The lowest BCUT2D eigenvalue weighted by molar-refractivity contribution is -0.141. The fraction of sp³-hybridized carbons (Fsp3) is 0.280. The van der Waals surface area contributed by atoms with Gasteiger partial charge in [-0.2, -0.15) is 13.2 Å². The molecule has 3 aromatic rings. The average Bonchev–Trinajstić information content (AvgIpc) is 3.41. The minimum absolute atomic E-state index is 0.0467. The van der Waals surface area contributed by atoms with Gasteiger partial charge in [-0.15, -0.1) is 0 Å². The van der Waals surface area contributed by atoms with Crippen molar-refractivity contribution in [3.8, 4) is 11.1 Å². The number of hydrogen-bond acceptors (Lipinski definition) is 3. The monoisotopic (exact) mass is 474 g/mol. The summed E-state index contributed by atoms with van der Waals surface area (Å²) < 4.78 is 74.1.